The third-order valence-corrected chi connectivity index (χ3v) is 2.81. The summed E-state index contributed by atoms with van der Waals surface area (Å²) < 4.78 is 0. The lowest BCUT2D eigenvalue weighted by atomic mass is 10.1. The first-order chi connectivity index (χ1) is 9.20. The van der Waals surface area contributed by atoms with E-state index in [9.17, 15) is 4.79 Å². The minimum atomic E-state index is -0.0191. The molecule has 0 radical (unpaired) electrons. The number of carbonyl (C=O) groups is 1. The van der Waals surface area contributed by atoms with Gasteiger partial charge in [-0.05, 0) is 26.0 Å². The Bertz CT molecular complexity index is 332. The van der Waals surface area contributed by atoms with Crippen molar-refractivity contribution in [2.75, 3.05) is 6.54 Å². The van der Waals surface area contributed by atoms with Crippen molar-refractivity contribution in [2.24, 2.45) is 0 Å². The van der Waals surface area contributed by atoms with Gasteiger partial charge < -0.3 is 10.6 Å². The number of hydrogen-bond donors (Lipinski definition) is 2. The van der Waals surface area contributed by atoms with Crippen LogP contribution in [0.25, 0.3) is 0 Å². The van der Waals surface area contributed by atoms with Gasteiger partial charge in [-0.15, -0.1) is 12.3 Å². The monoisotopic (exact) mass is 280 g/mol. The molecule has 4 heteroatoms. The number of nitrogens with one attached hydrogen (secondary N) is 2. The smallest absolute Gasteiger partial charge is 0.226 e. The first-order valence-electron chi connectivity index (χ1n) is 6.81. The van der Waals surface area contributed by atoms with Gasteiger partial charge in [0.2, 0.25) is 5.91 Å². The van der Waals surface area contributed by atoms with E-state index in [4.69, 9.17) is 18.6 Å². The van der Waals surface area contributed by atoms with Crippen LogP contribution in [0.1, 0.15) is 51.9 Å². The molecule has 0 aromatic heterocycles. The summed E-state index contributed by atoms with van der Waals surface area (Å²) in [7, 11) is 0. The minimum Gasteiger partial charge on any atom is -0.356 e. The van der Waals surface area contributed by atoms with Crippen LogP contribution in [0.3, 0.4) is 0 Å². The molecule has 1 amide bonds. The summed E-state index contributed by atoms with van der Waals surface area (Å²) in [6.45, 7) is 2.61. The second kappa shape index (κ2) is 13.1. The summed E-state index contributed by atoms with van der Waals surface area (Å²) in [5.74, 6) is 2.62. The molecule has 0 aromatic carbocycles. The van der Waals surface area contributed by atoms with E-state index >= 15 is 0 Å². The van der Waals surface area contributed by atoms with Crippen LogP contribution < -0.4 is 10.6 Å². The SMILES string of the molecule is C#CCCCCCCCNC(=O)CC(=S)N/C=C\C. The number of allylic oxidation sites excluding steroid dienone is 1. The van der Waals surface area contributed by atoms with Gasteiger partial charge in [0.15, 0.2) is 0 Å². The number of thiocarbonyl (C=S) groups is 1. The van der Waals surface area contributed by atoms with Gasteiger partial charge in [-0.1, -0.05) is 37.6 Å². The van der Waals surface area contributed by atoms with Gasteiger partial charge in [0.25, 0.3) is 0 Å². The van der Waals surface area contributed by atoms with Gasteiger partial charge in [0.05, 0.1) is 11.4 Å². The summed E-state index contributed by atoms with van der Waals surface area (Å²) in [5.41, 5.74) is 0. The lowest BCUT2D eigenvalue weighted by Crippen LogP contribution is -2.29. The van der Waals surface area contributed by atoms with Crippen molar-refractivity contribution in [1.29, 1.82) is 0 Å². The highest BCUT2D eigenvalue weighted by atomic mass is 32.1. The van der Waals surface area contributed by atoms with Crippen molar-refractivity contribution < 1.29 is 4.79 Å². The van der Waals surface area contributed by atoms with Crippen molar-refractivity contribution in [2.45, 2.75) is 51.9 Å². The molecule has 0 aliphatic carbocycles. The Labute approximate surface area is 122 Å². The van der Waals surface area contributed by atoms with Gasteiger partial charge >= 0.3 is 0 Å². The average molecular weight is 280 g/mol. The van der Waals surface area contributed by atoms with Crippen LogP contribution in [0, 0.1) is 12.3 Å². The summed E-state index contributed by atoms with van der Waals surface area (Å²) in [4.78, 5) is 12.1. The van der Waals surface area contributed by atoms with Crippen LogP contribution in [-0.2, 0) is 4.79 Å². The zero-order valence-electron chi connectivity index (χ0n) is 11.7. The topological polar surface area (TPSA) is 41.1 Å². The quantitative estimate of drug-likeness (QED) is 0.367. The Morgan fingerprint density at radius 1 is 1.26 bits per heavy atom. The van der Waals surface area contributed by atoms with Crippen LogP contribution in [0.2, 0.25) is 0 Å². The van der Waals surface area contributed by atoms with Crippen LogP contribution in [0.5, 0.6) is 0 Å². The summed E-state index contributed by atoms with van der Waals surface area (Å²) in [5, 5.41) is 5.74. The third kappa shape index (κ3) is 12.9. The zero-order chi connectivity index (χ0) is 14.3. The Kier molecular flexibility index (Phi) is 12.2. The fourth-order valence-corrected chi connectivity index (χ4v) is 1.74. The molecule has 0 atom stereocenters. The van der Waals surface area contributed by atoms with Gasteiger partial charge in [0, 0.05) is 13.0 Å². The summed E-state index contributed by atoms with van der Waals surface area (Å²) >= 11 is 5.02. The third-order valence-electron chi connectivity index (χ3n) is 2.55. The Balaban J connectivity index is 3.39. The molecule has 106 valence electrons. The zero-order valence-corrected chi connectivity index (χ0v) is 12.5. The van der Waals surface area contributed by atoms with E-state index in [-0.39, 0.29) is 12.3 Å². The standard InChI is InChI=1S/C15H24N2OS/c1-3-5-6-7-8-9-10-12-16-14(18)13-15(19)17-11-4-2/h1,4,11H,5-10,12-13H2,2H3,(H,16,18)(H,17,19)/b11-4-. The van der Waals surface area contributed by atoms with Crippen LogP contribution in [-0.4, -0.2) is 17.4 Å². The lowest BCUT2D eigenvalue weighted by Gasteiger charge is -2.06. The van der Waals surface area contributed by atoms with E-state index in [0.29, 0.717) is 4.99 Å². The number of carbonyl (C=O) groups excluding carboxylic acids is 1. The lowest BCUT2D eigenvalue weighted by molar-refractivity contribution is -0.119. The first-order valence-corrected chi connectivity index (χ1v) is 7.22. The molecule has 0 spiro atoms. The molecule has 3 nitrogen and oxygen atoms in total. The Hall–Kier alpha value is -1.34. The predicted molar refractivity (Wildman–Crippen MR) is 84.7 cm³/mol. The number of unbranched alkanes of at least 4 members (excludes halogenated alkanes) is 5. The molecule has 0 aliphatic rings. The Morgan fingerprint density at radius 3 is 2.63 bits per heavy atom. The number of rotatable bonds is 10. The van der Waals surface area contributed by atoms with Crippen LogP contribution in [0.4, 0.5) is 0 Å². The molecular formula is C15H24N2OS. The van der Waals surface area contributed by atoms with Crippen LogP contribution >= 0.6 is 12.2 Å². The molecule has 0 aliphatic heterocycles. The number of terminal acetylenes is 1. The number of amides is 1. The molecule has 0 aromatic rings. The molecule has 0 bridgehead atoms. The highest BCUT2D eigenvalue weighted by Crippen LogP contribution is 2.04. The van der Waals surface area contributed by atoms with Gasteiger partial charge in [-0.3, -0.25) is 4.79 Å². The van der Waals surface area contributed by atoms with Crippen molar-refractivity contribution in [3.63, 3.8) is 0 Å². The maximum absolute atomic E-state index is 11.5. The van der Waals surface area contributed by atoms with Gasteiger partial charge in [0.1, 0.15) is 0 Å². The molecule has 19 heavy (non-hydrogen) atoms. The summed E-state index contributed by atoms with van der Waals surface area (Å²) in [6, 6.07) is 0. The summed E-state index contributed by atoms with van der Waals surface area (Å²) in [6.07, 6.45) is 15.5. The van der Waals surface area contributed by atoms with E-state index in [2.05, 4.69) is 16.6 Å². The molecule has 0 unspecified atom stereocenters. The first kappa shape index (κ1) is 17.7. The molecular weight excluding hydrogens is 256 g/mol. The fourth-order valence-electron chi connectivity index (χ4n) is 1.55. The fraction of sp³-hybridized carbons (Fsp3) is 0.600. The molecule has 2 N–H and O–H groups in total. The van der Waals surface area contributed by atoms with Crippen molar-refractivity contribution in [1.82, 2.24) is 10.6 Å². The van der Waals surface area contributed by atoms with E-state index in [1.807, 2.05) is 13.0 Å². The second-order valence-corrected chi connectivity index (χ2v) is 4.81. The Morgan fingerprint density at radius 2 is 1.95 bits per heavy atom. The maximum atomic E-state index is 11.5. The van der Waals surface area contributed by atoms with E-state index < -0.39 is 0 Å². The number of hydrogen-bond acceptors (Lipinski definition) is 2. The van der Waals surface area contributed by atoms with E-state index in [1.165, 1.54) is 12.8 Å². The normalized spacial score (nSPS) is 10.1. The second-order valence-electron chi connectivity index (χ2n) is 4.32. The average Bonchev–Trinajstić information content (AvgIpc) is 2.39. The molecule has 0 saturated heterocycles. The maximum Gasteiger partial charge on any atom is 0.226 e. The largest absolute Gasteiger partial charge is 0.356 e. The highest BCUT2D eigenvalue weighted by molar-refractivity contribution is 7.80. The van der Waals surface area contributed by atoms with Gasteiger partial charge in [-0.2, -0.15) is 0 Å². The molecule has 0 heterocycles. The van der Waals surface area contributed by atoms with Crippen molar-refractivity contribution >= 4 is 23.1 Å². The molecule has 0 rings (SSSR count). The molecule has 0 saturated carbocycles. The minimum absolute atomic E-state index is 0.0191. The molecule has 0 fully saturated rings. The highest BCUT2D eigenvalue weighted by Gasteiger charge is 2.03. The van der Waals surface area contributed by atoms with Crippen LogP contribution in [0.15, 0.2) is 12.3 Å². The van der Waals surface area contributed by atoms with Gasteiger partial charge in [-0.25, -0.2) is 0 Å². The van der Waals surface area contributed by atoms with E-state index in [0.717, 1.165) is 32.2 Å². The van der Waals surface area contributed by atoms with Crippen molar-refractivity contribution in [3.8, 4) is 12.3 Å². The van der Waals surface area contributed by atoms with E-state index in [1.54, 1.807) is 6.20 Å². The predicted octanol–water partition coefficient (Wildman–Crippen LogP) is 2.92. The van der Waals surface area contributed by atoms with Crippen molar-refractivity contribution in [3.05, 3.63) is 12.3 Å².